The van der Waals surface area contributed by atoms with Crippen LogP contribution in [-0.2, 0) is 53.9 Å². The van der Waals surface area contributed by atoms with Crippen LogP contribution >= 0.6 is 0 Å². The Bertz CT molecular complexity index is 220. The molecule has 0 aliphatic heterocycles. The summed E-state index contributed by atoms with van der Waals surface area (Å²) in [6.45, 7) is 0. The van der Waals surface area contributed by atoms with Crippen molar-refractivity contribution in [1.82, 2.24) is 0 Å². The van der Waals surface area contributed by atoms with Gasteiger partial charge in [0.15, 0.2) is 0 Å². The molecule has 0 aromatic heterocycles. The third-order valence-corrected chi connectivity index (χ3v) is 0. The van der Waals surface area contributed by atoms with Crippen molar-refractivity contribution in [2.24, 2.45) is 0 Å². The predicted molar refractivity (Wildman–Crippen MR) is 28.0 cm³/mol. The van der Waals surface area contributed by atoms with Crippen molar-refractivity contribution >= 4 is 20.6 Å². The quantitative estimate of drug-likeness (QED) is 0.411. The molecule has 8 nitrogen and oxygen atoms in total. The monoisotopic (exact) mass is 307 g/mol. The third kappa shape index (κ3) is 1860. The molecule has 12 heavy (non-hydrogen) atoms. The Morgan fingerprint density at radius 2 is 0.833 bits per heavy atom. The summed E-state index contributed by atoms with van der Waals surface area (Å²) in [7, 11) is -9.33. The Morgan fingerprint density at radius 1 is 0.833 bits per heavy atom. The molecule has 0 aliphatic rings. The van der Waals surface area contributed by atoms with Gasteiger partial charge in [-0.2, -0.15) is 0 Å². The minimum absolute atomic E-state index is 0. The van der Waals surface area contributed by atoms with E-state index in [2.05, 4.69) is 0 Å². The maximum Gasteiger partial charge on any atom is 2.00 e. The van der Waals surface area contributed by atoms with E-state index >= 15 is 0 Å². The zero-order valence-corrected chi connectivity index (χ0v) is 8.58. The van der Waals surface area contributed by atoms with Gasteiger partial charge >= 0.3 is 33.3 Å². The molecule has 0 unspecified atom stereocenters. The molecule has 0 bridgehead atoms. The molecule has 0 aliphatic carbocycles. The smallest absolute Gasteiger partial charge is 0.764 e. The van der Waals surface area contributed by atoms with E-state index in [-0.39, 0.29) is 33.3 Å². The molecule has 0 amide bonds. The molecular weight excluding hydrogens is 306 g/mol. The summed E-state index contributed by atoms with van der Waals surface area (Å²) in [5, 5.41) is 10.7. The maximum atomic E-state index is 8.74. The molecule has 2 N–H and O–H groups in total. The first-order chi connectivity index (χ1) is 4.00. The molecule has 0 fully saturated rings. The molecule has 1 radical (unpaired) electrons. The van der Waals surface area contributed by atoms with E-state index in [1.165, 1.54) is 0 Å². The number of rotatable bonds is 0. The second-order valence-electron chi connectivity index (χ2n) is 0.908. The van der Waals surface area contributed by atoms with Gasteiger partial charge in [0.1, 0.15) is 0 Å². The van der Waals surface area contributed by atoms with Gasteiger partial charge in [-0.1, -0.05) is 0 Å². The van der Waals surface area contributed by atoms with Crippen LogP contribution < -0.4 is 0 Å². The molecule has 0 atom stereocenters. The maximum absolute atomic E-state index is 8.74. The second-order valence-corrected chi connectivity index (χ2v) is 2.72. The summed E-state index contributed by atoms with van der Waals surface area (Å²) >= 11 is 0. The van der Waals surface area contributed by atoms with Crippen molar-refractivity contribution < 1.29 is 59.2 Å². The summed E-state index contributed by atoms with van der Waals surface area (Å²) in [4.78, 5) is 0. The fourth-order valence-electron chi connectivity index (χ4n) is 0. The van der Waals surface area contributed by atoms with Gasteiger partial charge in [0, 0.05) is 20.6 Å². The van der Waals surface area contributed by atoms with Crippen molar-refractivity contribution in [3.63, 3.8) is 0 Å². The van der Waals surface area contributed by atoms with Gasteiger partial charge in [-0.05, 0) is 0 Å². The number of hydrogen-bond acceptors (Lipinski definition) is 6. The van der Waals surface area contributed by atoms with Gasteiger partial charge in [0.2, 0.25) is 0 Å². The molecule has 0 aromatic carbocycles. The van der Waals surface area contributed by atoms with Gasteiger partial charge in [0.05, 0.1) is 0 Å². The third-order valence-electron chi connectivity index (χ3n) is 0. The van der Waals surface area contributed by atoms with E-state index in [4.69, 9.17) is 36.2 Å². The van der Waals surface area contributed by atoms with Crippen LogP contribution in [0.25, 0.3) is 10.3 Å². The summed E-state index contributed by atoms with van der Waals surface area (Å²) in [6, 6.07) is 0. The molecular formula is H2CoN2NiO6S2. The van der Waals surface area contributed by atoms with Crippen LogP contribution in [0.15, 0.2) is 0 Å². The Kier molecular flexibility index (Phi) is 16.0. The van der Waals surface area contributed by atoms with Crippen LogP contribution in [0, 0.1) is 0 Å². The molecule has 0 saturated carbocycles. The van der Waals surface area contributed by atoms with Crippen molar-refractivity contribution in [2.75, 3.05) is 0 Å². The summed E-state index contributed by atoms with van der Waals surface area (Å²) in [5.74, 6) is 0. The summed E-state index contributed by atoms with van der Waals surface area (Å²) in [6.07, 6.45) is 0. The normalized spacial score (nSPS) is 9.67. The Balaban J connectivity index is -0.0000000457. The van der Waals surface area contributed by atoms with E-state index < -0.39 is 20.6 Å². The molecule has 0 aromatic rings. The first-order valence-corrected chi connectivity index (χ1v) is 4.22. The predicted octanol–water partition coefficient (Wildman–Crippen LogP) is -1.01. The number of hydrogen-bond donors (Lipinski definition) is 0. The zero-order valence-electron chi connectivity index (χ0n) is 4.92. The molecule has 0 rings (SSSR count). The van der Waals surface area contributed by atoms with E-state index in [9.17, 15) is 0 Å². The fraction of sp³-hybridized carbons (Fsp3) is 0. The molecule has 79 valence electrons. The minimum Gasteiger partial charge on any atom is -0.764 e. The first-order valence-electron chi connectivity index (χ1n) is 1.41. The number of nitrogens with one attached hydrogen (secondary N) is 2. The van der Waals surface area contributed by atoms with Gasteiger partial charge in [-0.3, -0.25) is 16.8 Å². The minimum atomic E-state index is -4.67. The second kappa shape index (κ2) is 8.34. The Morgan fingerprint density at radius 3 is 0.833 bits per heavy atom. The van der Waals surface area contributed by atoms with Gasteiger partial charge in [-0.15, -0.1) is 0 Å². The van der Waals surface area contributed by atoms with Crippen molar-refractivity contribution in [3.05, 3.63) is 10.3 Å². The van der Waals surface area contributed by atoms with E-state index in [1.807, 2.05) is 0 Å². The van der Waals surface area contributed by atoms with Crippen LogP contribution in [0.1, 0.15) is 0 Å². The van der Waals surface area contributed by atoms with Gasteiger partial charge < -0.3 is 19.4 Å². The summed E-state index contributed by atoms with van der Waals surface area (Å²) in [5.41, 5.74) is 0. The molecule has 0 spiro atoms. The molecule has 0 saturated heterocycles. The topological polar surface area (TPSA) is 162 Å². The largest absolute Gasteiger partial charge is 2.00 e. The first kappa shape index (κ1) is 23.0. The molecule has 0 heterocycles. The Labute approximate surface area is 90.0 Å². The van der Waals surface area contributed by atoms with Crippen molar-refractivity contribution in [1.29, 1.82) is 0 Å². The van der Waals surface area contributed by atoms with Crippen LogP contribution in [-0.4, -0.2) is 25.9 Å². The standard InChI is InChI=1S/Co.2H2NO3S.Ni/c;2*1-5(2,3)4;/h;2*(H2-,1,2,3,4);/q+2;2*-1;+2/p-2. The average molecular weight is 308 g/mol. The van der Waals surface area contributed by atoms with Crippen LogP contribution in [0.3, 0.4) is 0 Å². The fourth-order valence-corrected chi connectivity index (χ4v) is 0. The summed E-state index contributed by atoms with van der Waals surface area (Å²) < 4.78 is 52.5. The van der Waals surface area contributed by atoms with Crippen LogP contribution in [0.2, 0.25) is 0 Å². The van der Waals surface area contributed by atoms with Crippen molar-refractivity contribution in [2.45, 2.75) is 0 Å². The average Bonchev–Trinajstić information content (AvgIpc) is 1.12. The van der Waals surface area contributed by atoms with E-state index in [1.54, 1.807) is 0 Å². The van der Waals surface area contributed by atoms with Gasteiger partial charge in [-0.25, -0.2) is 0 Å². The van der Waals surface area contributed by atoms with E-state index in [0.717, 1.165) is 0 Å². The van der Waals surface area contributed by atoms with Crippen LogP contribution in [0.4, 0.5) is 0 Å². The van der Waals surface area contributed by atoms with Gasteiger partial charge in [0.25, 0.3) is 0 Å². The zero-order chi connectivity index (χ0) is 9.00. The van der Waals surface area contributed by atoms with E-state index in [0.29, 0.717) is 0 Å². The SMILES string of the molecule is [Co+2].[NH-]S(=O)(=O)[O-].[NH-]S(=O)(=O)[O-].[Ni+2]. The Hall–Kier alpha value is 0.740. The van der Waals surface area contributed by atoms with Crippen molar-refractivity contribution in [3.8, 4) is 0 Å². The molecule has 12 heteroatoms. The van der Waals surface area contributed by atoms with Crippen LogP contribution in [0.5, 0.6) is 0 Å².